The van der Waals surface area contributed by atoms with Crippen LogP contribution in [0.2, 0.25) is 0 Å². The van der Waals surface area contributed by atoms with Crippen LogP contribution in [0.25, 0.3) is 10.9 Å². The highest BCUT2D eigenvalue weighted by molar-refractivity contribution is 7.93. The van der Waals surface area contributed by atoms with E-state index < -0.39 is 26.6 Å². The van der Waals surface area contributed by atoms with E-state index in [0.717, 1.165) is 11.6 Å². The summed E-state index contributed by atoms with van der Waals surface area (Å²) in [6, 6.07) is 11.8. The van der Waals surface area contributed by atoms with E-state index in [-0.39, 0.29) is 11.1 Å². The molecule has 1 aromatic heterocycles. The van der Waals surface area contributed by atoms with Crippen LogP contribution in [0, 0.1) is 5.82 Å². The average Bonchev–Trinajstić information content (AvgIpc) is 2.84. The van der Waals surface area contributed by atoms with E-state index in [1.165, 1.54) is 24.6 Å². The van der Waals surface area contributed by atoms with Gasteiger partial charge in [-0.2, -0.15) is 0 Å². The third-order valence-corrected chi connectivity index (χ3v) is 5.66. The normalized spacial score (nSPS) is 12.0. The highest BCUT2D eigenvalue weighted by atomic mass is 32.2. The standard InChI is InChI=1S/C17H18FN3O3S/c1-11(2)25(23,24)20-15-8-13-16(9-14(15)18)21(19-17(13)22)10-12-6-4-3-5-7-12/h3-9,11,20H,10H2,1-2H3,(H,19,22). The van der Waals surface area contributed by atoms with Crippen molar-refractivity contribution in [1.29, 1.82) is 0 Å². The highest BCUT2D eigenvalue weighted by Gasteiger charge is 2.19. The van der Waals surface area contributed by atoms with Gasteiger partial charge in [-0.3, -0.25) is 19.3 Å². The number of H-pyrrole nitrogens is 1. The second-order valence-electron chi connectivity index (χ2n) is 6.06. The molecule has 0 saturated heterocycles. The molecule has 6 nitrogen and oxygen atoms in total. The molecule has 0 atom stereocenters. The second-order valence-corrected chi connectivity index (χ2v) is 8.29. The van der Waals surface area contributed by atoms with Crippen molar-refractivity contribution in [2.24, 2.45) is 0 Å². The molecular weight excluding hydrogens is 345 g/mol. The number of nitrogens with zero attached hydrogens (tertiary/aromatic N) is 1. The SMILES string of the molecule is CC(C)S(=O)(=O)Nc1cc2c(=O)[nH]n(Cc3ccccc3)c2cc1F. The number of nitrogens with one attached hydrogen (secondary N) is 2. The van der Waals surface area contributed by atoms with Crippen molar-refractivity contribution in [3.63, 3.8) is 0 Å². The van der Waals surface area contributed by atoms with E-state index in [1.807, 2.05) is 30.3 Å². The summed E-state index contributed by atoms with van der Waals surface area (Å²) in [5.41, 5.74) is 0.680. The Morgan fingerprint density at radius 3 is 2.52 bits per heavy atom. The van der Waals surface area contributed by atoms with E-state index >= 15 is 0 Å². The topological polar surface area (TPSA) is 84.0 Å². The lowest BCUT2D eigenvalue weighted by atomic mass is 10.2. The zero-order valence-electron chi connectivity index (χ0n) is 13.8. The van der Waals surface area contributed by atoms with E-state index in [2.05, 4.69) is 9.82 Å². The van der Waals surface area contributed by atoms with Crippen molar-refractivity contribution < 1.29 is 12.8 Å². The number of aromatic amines is 1. The average molecular weight is 363 g/mol. The zero-order chi connectivity index (χ0) is 18.2. The van der Waals surface area contributed by atoms with Crippen LogP contribution in [0.4, 0.5) is 10.1 Å². The minimum atomic E-state index is -3.71. The van der Waals surface area contributed by atoms with Crippen LogP contribution in [-0.2, 0) is 16.6 Å². The van der Waals surface area contributed by atoms with Crippen molar-refractivity contribution >= 4 is 26.6 Å². The monoisotopic (exact) mass is 363 g/mol. The second kappa shape index (κ2) is 6.36. The number of anilines is 1. The van der Waals surface area contributed by atoms with Gasteiger partial charge in [-0.25, -0.2) is 12.8 Å². The van der Waals surface area contributed by atoms with Crippen molar-refractivity contribution in [2.45, 2.75) is 25.6 Å². The molecule has 3 aromatic rings. The first-order valence-electron chi connectivity index (χ1n) is 7.75. The van der Waals surface area contributed by atoms with Gasteiger partial charge in [0.05, 0.1) is 28.4 Å². The summed E-state index contributed by atoms with van der Waals surface area (Å²) in [6.45, 7) is 3.35. The number of halogens is 1. The maximum Gasteiger partial charge on any atom is 0.272 e. The molecule has 1 heterocycles. The largest absolute Gasteiger partial charge is 0.280 e. The predicted octanol–water partition coefficient (Wildman–Crippen LogP) is 2.67. The highest BCUT2D eigenvalue weighted by Crippen LogP contribution is 2.23. The Morgan fingerprint density at radius 2 is 1.88 bits per heavy atom. The summed E-state index contributed by atoms with van der Waals surface area (Å²) in [7, 11) is -3.71. The van der Waals surface area contributed by atoms with E-state index in [9.17, 15) is 17.6 Å². The summed E-state index contributed by atoms with van der Waals surface area (Å²) in [4.78, 5) is 12.2. The Balaban J connectivity index is 2.05. The fraction of sp³-hybridized carbons (Fsp3) is 0.235. The molecule has 0 spiro atoms. The van der Waals surface area contributed by atoms with Crippen LogP contribution in [0.1, 0.15) is 19.4 Å². The fourth-order valence-corrected chi connectivity index (χ4v) is 3.15. The van der Waals surface area contributed by atoms with Crippen LogP contribution >= 0.6 is 0 Å². The molecule has 0 fully saturated rings. The van der Waals surface area contributed by atoms with Gasteiger partial charge < -0.3 is 0 Å². The lowest BCUT2D eigenvalue weighted by Crippen LogP contribution is -2.23. The molecule has 0 aliphatic carbocycles. The van der Waals surface area contributed by atoms with Gasteiger partial charge in [0.1, 0.15) is 5.82 Å². The molecule has 0 aliphatic rings. The molecule has 8 heteroatoms. The zero-order valence-corrected chi connectivity index (χ0v) is 14.6. The lowest BCUT2D eigenvalue weighted by Gasteiger charge is -2.12. The van der Waals surface area contributed by atoms with Crippen LogP contribution in [-0.4, -0.2) is 23.4 Å². The molecular formula is C17H18FN3O3S. The minimum Gasteiger partial charge on any atom is -0.280 e. The molecule has 0 bridgehead atoms. The van der Waals surface area contributed by atoms with Crippen LogP contribution in [0.5, 0.6) is 0 Å². The molecule has 0 radical (unpaired) electrons. The third-order valence-electron chi connectivity index (χ3n) is 3.91. The molecule has 0 amide bonds. The van der Waals surface area contributed by atoms with Crippen LogP contribution < -0.4 is 10.3 Å². The van der Waals surface area contributed by atoms with Crippen LogP contribution in [0.3, 0.4) is 0 Å². The molecule has 0 saturated carbocycles. The number of sulfonamides is 1. The Morgan fingerprint density at radius 1 is 1.20 bits per heavy atom. The maximum absolute atomic E-state index is 14.4. The first-order chi connectivity index (χ1) is 11.8. The molecule has 25 heavy (non-hydrogen) atoms. The van der Waals surface area contributed by atoms with Crippen molar-refractivity contribution in [1.82, 2.24) is 9.78 Å². The minimum absolute atomic E-state index is 0.221. The first kappa shape index (κ1) is 17.2. The number of fused-ring (bicyclic) bond motifs is 1. The van der Waals surface area contributed by atoms with Gasteiger partial charge in [-0.1, -0.05) is 30.3 Å². The summed E-state index contributed by atoms with van der Waals surface area (Å²) < 4.78 is 42.0. The Bertz CT molecular complexity index is 1070. The van der Waals surface area contributed by atoms with Crippen molar-refractivity contribution in [3.05, 3.63) is 64.2 Å². The number of benzene rings is 2. The van der Waals surface area contributed by atoms with Gasteiger partial charge in [0.2, 0.25) is 10.0 Å². The van der Waals surface area contributed by atoms with Gasteiger partial charge in [0.15, 0.2) is 0 Å². The van der Waals surface area contributed by atoms with Gasteiger partial charge >= 0.3 is 0 Å². The first-order valence-corrected chi connectivity index (χ1v) is 9.30. The summed E-state index contributed by atoms with van der Waals surface area (Å²) in [6.07, 6.45) is 0. The Labute approximate surface area is 144 Å². The van der Waals surface area contributed by atoms with Gasteiger partial charge in [0.25, 0.3) is 5.56 Å². The number of hydrogen-bond donors (Lipinski definition) is 2. The molecule has 132 valence electrons. The van der Waals surface area contributed by atoms with Crippen molar-refractivity contribution in [3.8, 4) is 0 Å². The van der Waals surface area contributed by atoms with Crippen molar-refractivity contribution in [2.75, 3.05) is 4.72 Å². The molecule has 0 unspecified atom stereocenters. The molecule has 0 aliphatic heterocycles. The third kappa shape index (κ3) is 3.43. The Kier molecular flexibility index (Phi) is 4.38. The molecule has 2 aromatic carbocycles. The van der Waals surface area contributed by atoms with Gasteiger partial charge in [-0.05, 0) is 25.5 Å². The quantitative estimate of drug-likeness (QED) is 0.731. The maximum atomic E-state index is 14.4. The summed E-state index contributed by atoms with van der Waals surface area (Å²) in [5, 5.41) is 2.16. The van der Waals surface area contributed by atoms with E-state index in [4.69, 9.17) is 0 Å². The number of aromatic nitrogens is 2. The van der Waals surface area contributed by atoms with E-state index in [0.29, 0.717) is 12.1 Å². The number of hydrogen-bond acceptors (Lipinski definition) is 3. The lowest BCUT2D eigenvalue weighted by molar-refractivity contribution is 0.590. The van der Waals surface area contributed by atoms with Gasteiger partial charge in [0, 0.05) is 6.07 Å². The summed E-state index contributed by atoms with van der Waals surface area (Å²) in [5.74, 6) is -0.738. The Hall–Kier alpha value is -2.61. The fourth-order valence-electron chi connectivity index (χ4n) is 2.45. The van der Waals surface area contributed by atoms with E-state index in [1.54, 1.807) is 0 Å². The predicted molar refractivity (Wildman–Crippen MR) is 95.7 cm³/mol. The number of rotatable bonds is 5. The molecule has 3 rings (SSSR count). The summed E-state index contributed by atoms with van der Waals surface area (Å²) >= 11 is 0. The molecule has 2 N–H and O–H groups in total. The van der Waals surface area contributed by atoms with Crippen LogP contribution in [0.15, 0.2) is 47.3 Å². The van der Waals surface area contributed by atoms with Gasteiger partial charge in [-0.15, -0.1) is 0 Å². The smallest absolute Gasteiger partial charge is 0.272 e.